The summed E-state index contributed by atoms with van der Waals surface area (Å²) in [6.45, 7) is 1.90. The Labute approximate surface area is 170 Å². The van der Waals surface area contributed by atoms with Gasteiger partial charge in [-0.2, -0.15) is 15.3 Å². The van der Waals surface area contributed by atoms with Gasteiger partial charge in [-0.25, -0.2) is 14.3 Å². The number of nitrogens with zero attached hydrogens (tertiary/aromatic N) is 6. The second-order valence-corrected chi connectivity index (χ2v) is 6.52. The van der Waals surface area contributed by atoms with Gasteiger partial charge in [-0.05, 0) is 25.1 Å². The molecule has 2 N–H and O–H groups in total. The van der Waals surface area contributed by atoms with Crippen molar-refractivity contribution in [1.82, 2.24) is 29.6 Å². The molecular formula is C18H17ClN8O2. The molecule has 4 rings (SSSR count). The summed E-state index contributed by atoms with van der Waals surface area (Å²) in [7, 11) is 1.61. The normalized spacial score (nSPS) is 12.1. The van der Waals surface area contributed by atoms with Crippen LogP contribution in [0.2, 0.25) is 5.02 Å². The second-order valence-electron chi connectivity index (χ2n) is 6.11. The Morgan fingerprint density at radius 2 is 2.00 bits per heavy atom. The highest BCUT2D eigenvalue weighted by Gasteiger charge is 2.17. The first kappa shape index (κ1) is 18.8. The third kappa shape index (κ3) is 3.75. The van der Waals surface area contributed by atoms with Crippen LogP contribution in [0.5, 0.6) is 0 Å². The van der Waals surface area contributed by atoms with Gasteiger partial charge in [0.05, 0.1) is 52.8 Å². The van der Waals surface area contributed by atoms with Crippen molar-refractivity contribution in [2.45, 2.75) is 13.0 Å². The van der Waals surface area contributed by atoms with Gasteiger partial charge in [0.1, 0.15) is 0 Å². The largest absolute Gasteiger partial charge is 0.377 e. The number of ether oxygens (including phenoxy) is 1. The van der Waals surface area contributed by atoms with E-state index in [0.717, 1.165) is 11.1 Å². The van der Waals surface area contributed by atoms with Gasteiger partial charge in [0.15, 0.2) is 5.82 Å². The molecule has 0 radical (unpaired) electrons. The molecule has 4 aromatic rings. The molecule has 0 saturated carbocycles. The van der Waals surface area contributed by atoms with E-state index in [2.05, 4.69) is 30.9 Å². The fraction of sp³-hybridized carbons (Fsp3) is 0.167. The zero-order valence-electron chi connectivity index (χ0n) is 15.6. The number of hydrogen-bond donors (Lipinski definition) is 2. The van der Waals surface area contributed by atoms with Gasteiger partial charge < -0.3 is 15.4 Å². The molecule has 1 atom stereocenters. The minimum atomic E-state index is -0.463. The molecule has 0 aliphatic carbocycles. The zero-order chi connectivity index (χ0) is 20.4. The molecule has 0 spiro atoms. The molecule has 11 heteroatoms. The van der Waals surface area contributed by atoms with Crippen molar-refractivity contribution in [3.05, 3.63) is 59.8 Å². The molecule has 1 unspecified atom stereocenters. The van der Waals surface area contributed by atoms with Crippen LogP contribution in [0.4, 0.5) is 16.2 Å². The van der Waals surface area contributed by atoms with E-state index in [9.17, 15) is 4.79 Å². The van der Waals surface area contributed by atoms with Crippen LogP contribution in [-0.4, -0.2) is 42.7 Å². The smallest absolute Gasteiger partial charge is 0.323 e. The summed E-state index contributed by atoms with van der Waals surface area (Å²) < 4.78 is 7.19. The van der Waals surface area contributed by atoms with Crippen LogP contribution in [0.15, 0.2) is 49.2 Å². The number of pyridine rings is 1. The van der Waals surface area contributed by atoms with Crippen LogP contribution in [0.3, 0.4) is 0 Å². The van der Waals surface area contributed by atoms with Crippen molar-refractivity contribution < 1.29 is 9.53 Å². The molecule has 0 bridgehead atoms. The molecule has 148 valence electrons. The lowest BCUT2D eigenvalue weighted by atomic mass is 10.1. The third-order valence-corrected chi connectivity index (χ3v) is 4.58. The average Bonchev–Trinajstić information content (AvgIpc) is 3.39. The Morgan fingerprint density at radius 1 is 1.21 bits per heavy atom. The predicted molar refractivity (Wildman–Crippen MR) is 107 cm³/mol. The zero-order valence-corrected chi connectivity index (χ0v) is 16.3. The highest BCUT2D eigenvalue weighted by atomic mass is 35.5. The van der Waals surface area contributed by atoms with Gasteiger partial charge in [0.25, 0.3) is 0 Å². The lowest BCUT2D eigenvalue weighted by molar-refractivity contribution is 0.121. The standard InChI is InChI=1S/C18H17ClN8O2/c1-11(29-2)16-14(10-23-26-7-3-4-15(16)26)25-18(28)24-12-8-13(19)17(20-9-12)27-21-5-6-22-27/h3-11H,1-2H3,(H2,24,25,28). The van der Waals surface area contributed by atoms with E-state index < -0.39 is 6.03 Å². The number of carbonyl (C=O) groups excluding carboxylic acids is 1. The lowest BCUT2D eigenvalue weighted by Gasteiger charge is -2.17. The number of carbonyl (C=O) groups is 1. The van der Waals surface area contributed by atoms with Gasteiger partial charge in [-0.3, -0.25) is 0 Å². The molecule has 0 aliphatic heterocycles. The molecule has 0 fully saturated rings. The predicted octanol–water partition coefficient (Wildman–Crippen LogP) is 3.31. The van der Waals surface area contributed by atoms with Gasteiger partial charge in [-0.1, -0.05) is 11.6 Å². The van der Waals surface area contributed by atoms with E-state index in [1.807, 2.05) is 25.3 Å². The number of rotatable bonds is 5. The SMILES string of the molecule is COC(C)c1c(NC(=O)Nc2cnc(-n3nccn3)c(Cl)c2)cnn2cccc12. The topological polar surface area (TPSA) is 111 Å². The fourth-order valence-corrected chi connectivity index (χ4v) is 3.16. The quantitative estimate of drug-likeness (QED) is 0.520. The van der Waals surface area contributed by atoms with Crippen molar-refractivity contribution in [3.8, 4) is 5.82 Å². The fourth-order valence-electron chi connectivity index (χ4n) is 2.91. The summed E-state index contributed by atoms with van der Waals surface area (Å²) in [6.07, 6.45) is 7.67. The van der Waals surface area contributed by atoms with Crippen molar-refractivity contribution in [2.24, 2.45) is 0 Å². The number of nitrogens with one attached hydrogen (secondary N) is 2. The molecule has 4 heterocycles. The second kappa shape index (κ2) is 7.86. The Balaban J connectivity index is 1.55. The first-order valence-corrected chi connectivity index (χ1v) is 9.04. The van der Waals surface area contributed by atoms with Crippen LogP contribution >= 0.6 is 11.6 Å². The molecule has 0 aromatic carbocycles. The number of fused-ring (bicyclic) bond motifs is 1. The monoisotopic (exact) mass is 412 g/mol. The van der Waals surface area contributed by atoms with E-state index in [0.29, 0.717) is 22.2 Å². The number of amides is 2. The minimum absolute atomic E-state index is 0.248. The van der Waals surface area contributed by atoms with E-state index in [1.54, 1.807) is 23.9 Å². The first-order valence-electron chi connectivity index (χ1n) is 8.66. The van der Waals surface area contributed by atoms with Crippen molar-refractivity contribution in [3.63, 3.8) is 0 Å². The van der Waals surface area contributed by atoms with Crippen molar-refractivity contribution in [2.75, 3.05) is 17.7 Å². The van der Waals surface area contributed by atoms with Crippen LogP contribution in [0.1, 0.15) is 18.6 Å². The molecule has 10 nitrogen and oxygen atoms in total. The van der Waals surface area contributed by atoms with Gasteiger partial charge in [0, 0.05) is 18.9 Å². The van der Waals surface area contributed by atoms with Gasteiger partial charge >= 0.3 is 6.03 Å². The number of anilines is 2. The van der Waals surface area contributed by atoms with Crippen LogP contribution in [-0.2, 0) is 4.74 Å². The number of urea groups is 1. The Kier molecular flexibility index (Phi) is 5.10. The highest BCUT2D eigenvalue weighted by molar-refractivity contribution is 6.32. The van der Waals surface area contributed by atoms with Gasteiger partial charge in [0.2, 0.25) is 0 Å². The Hall–Kier alpha value is -3.50. The number of hydrogen-bond acceptors (Lipinski definition) is 6. The molecule has 0 aliphatic rings. The van der Waals surface area contributed by atoms with Crippen molar-refractivity contribution >= 4 is 34.5 Å². The van der Waals surface area contributed by atoms with Crippen LogP contribution < -0.4 is 10.6 Å². The Morgan fingerprint density at radius 3 is 2.72 bits per heavy atom. The van der Waals surface area contributed by atoms with Crippen LogP contribution in [0.25, 0.3) is 11.3 Å². The van der Waals surface area contributed by atoms with E-state index in [4.69, 9.17) is 16.3 Å². The lowest BCUT2D eigenvalue weighted by Crippen LogP contribution is -2.21. The summed E-state index contributed by atoms with van der Waals surface area (Å²) in [5.74, 6) is 0.363. The van der Waals surface area contributed by atoms with E-state index in [1.165, 1.54) is 23.4 Å². The molecule has 4 aromatic heterocycles. The molecular weight excluding hydrogens is 396 g/mol. The van der Waals surface area contributed by atoms with Crippen molar-refractivity contribution in [1.29, 1.82) is 0 Å². The Bertz CT molecular complexity index is 1160. The average molecular weight is 413 g/mol. The summed E-state index contributed by atoms with van der Waals surface area (Å²) in [6, 6.07) is 4.89. The summed E-state index contributed by atoms with van der Waals surface area (Å²) in [5, 5.41) is 18.1. The van der Waals surface area contributed by atoms with Crippen LogP contribution in [0, 0.1) is 0 Å². The van der Waals surface area contributed by atoms with E-state index in [-0.39, 0.29) is 6.10 Å². The maximum absolute atomic E-state index is 12.5. The first-order chi connectivity index (χ1) is 14.1. The third-order valence-electron chi connectivity index (χ3n) is 4.30. The molecule has 0 saturated heterocycles. The minimum Gasteiger partial charge on any atom is -0.377 e. The number of halogens is 1. The maximum atomic E-state index is 12.5. The summed E-state index contributed by atoms with van der Waals surface area (Å²) in [4.78, 5) is 18.0. The van der Waals surface area contributed by atoms with E-state index >= 15 is 0 Å². The molecule has 2 amide bonds. The highest BCUT2D eigenvalue weighted by Crippen LogP contribution is 2.29. The van der Waals surface area contributed by atoms with Gasteiger partial charge in [-0.15, -0.1) is 4.80 Å². The summed E-state index contributed by atoms with van der Waals surface area (Å²) in [5.41, 5.74) is 2.62. The maximum Gasteiger partial charge on any atom is 0.323 e. The number of methoxy groups -OCH3 is 1. The number of aromatic nitrogens is 6. The summed E-state index contributed by atoms with van der Waals surface area (Å²) >= 11 is 6.24. The molecule has 29 heavy (non-hydrogen) atoms.